The largest absolute Gasteiger partial charge is 0.493 e. The highest BCUT2D eigenvalue weighted by atomic mass is 35.5. The minimum atomic E-state index is -0.508. The highest BCUT2D eigenvalue weighted by Crippen LogP contribution is 2.36. The van der Waals surface area contributed by atoms with E-state index in [1.807, 2.05) is 0 Å². The summed E-state index contributed by atoms with van der Waals surface area (Å²) in [7, 11) is 1.44. The van der Waals surface area contributed by atoms with Gasteiger partial charge in [0.15, 0.2) is 18.1 Å². The minimum Gasteiger partial charge on any atom is -0.493 e. The predicted molar refractivity (Wildman–Crippen MR) is 123 cm³/mol. The predicted octanol–water partition coefficient (Wildman–Crippen LogP) is 5.05. The molecule has 7 nitrogen and oxygen atoms in total. The van der Waals surface area contributed by atoms with Gasteiger partial charge >= 0.3 is 5.97 Å². The number of carbonyl (C=O) groups excluding carboxylic acids is 3. The van der Waals surface area contributed by atoms with Crippen LogP contribution in [0.15, 0.2) is 41.3 Å². The van der Waals surface area contributed by atoms with E-state index in [1.54, 1.807) is 38.1 Å². The molecule has 2 amide bonds. The van der Waals surface area contributed by atoms with Crippen molar-refractivity contribution in [2.75, 3.05) is 13.7 Å². The normalized spacial score (nSPS) is 14.8. The first-order valence-corrected chi connectivity index (χ1v) is 11.1. The lowest BCUT2D eigenvalue weighted by atomic mass is 10.1. The molecule has 1 saturated heterocycles. The van der Waals surface area contributed by atoms with Crippen LogP contribution in [0.25, 0.3) is 6.08 Å². The molecule has 0 aliphatic carbocycles. The summed E-state index contributed by atoms with van der Waals surface area (Å²) in [5.41, 5.74) is 1.05. The van der Waals surface area contributed by atoms with Crippen LogP contribution in [-0.4, -0.2) is 41.8 Å². The molecule has 1 aliphatic rings. The van der Waals surface area contributed by atoms with Crippen LogP contribution < -0.4 is 9.47 Å². The lowest BCUT2D eigenvalue weighted by Crippen LogP contribution is -2.27. The summed E-state index contributed by atoms with van der Waals surface area (Å²) in [6, 6.07) is 8.66. The number of methoxy groups -OCH3 is 1. The SMILES string of the molecule is COc1cc(/C=C2\SC(=O)N(Cc3ccc(F)cc3Cl)C2=O)ccc1OCC(=O)OC(C)C. The van der Waals surface area contributed by atoms with Crippen molar-refractivity contribution in [3.8, 4) is 11.5 Å². The van der Waals surface area contributed by atoms with Gasteiger partial charge < -0.3 is 14.2 Å². The zero-order valence-electron chi connectivity index (χ0n) is 18.1. The van der Waals surface area contributed by atoms with Crippen LogP contribution in [0.4, 0.5) is 9.18 Å². The van der Waals surface area contributed by atoms with E-state index in [0.717, 1.165) is 22.7 Å². The third-order valence-electron chi connectivity index (χ3n) is 4.42. The first kappa shape index (κ1) is 24.6. The van der Waals surface area contributed by atoms with Gasteiger partial charge in [-0.05, 0) is 67.1 Å². The zero-order chi connectivity index (χ0) is 24.1. The number of imide groups is 1. The number of thioether (sulfide) groups is 1. The Morgan fingerprint density at radius 3 is 2.61 bits per heavy atom. The van der Waals surface area contributed by atoms with E-state index in [9.17, 15) is 18.8 Å². The number of benzene rings is 2. The quantitative estimate of drug-likeness (QED) is 0.375. The number of hydrogen-bond donors (Lipinski definition) is 0. The summed E-state index contributed by atoms with van der Waals surface area (Å²) in [4.78, 5) is 38.1. The third kappa shape index (κ3) is 6.27. The monoisotopic (exact) mass is 493 g/mol. The summed E-state index contributed by atoms with van der Waals surface area (Å²) in [5.74, 6) is -0.823. The van der Waals surface area contributed by atoms with Gasteiger partial charge in [-0.15, -0.1) is 0 Å². The van der Waals surface area contributed by atoms with Crippen LogP contribution in [-0.2, 0) is 20.9 Å². The fourth-order valence-electron chi connectivity index (χ4n) is 2.93. The fourth-order valence-corrected chi connectivity index (χ4v) is 4.00. The first-order valence-electron chi connectivity index (χ1n) is 9.87. The molecule has 3 rings (SSSR count). The van der Waals surface area contributed by atoms with Crippen molar-refractivity contribution in [2.45, 2.75) is 26.5 Å². The van der Waals surface area contributed by atoms with E-state index in [1.165, 1.54) is 19.2 Å². The summed E-state index contributed by atoms with van der Waals surface area (Å²) in [5, 5.41) is -0.321. The smallest absolute Gasteiger partial charge is 0.344 e. The number of halogens is 2. The first-order chi connectivity index (χ1) is 15.7. The molecular formula is C23H21ClFNO6S. The minimum absolute atomic E-state index is 0.0658. The highest BCUT2D eigenvalue weighted by Gasteiger charge is 2.35. The number of hydrogen-bond acceptors (Lipinski definition) is 7. The molecular weight excluding hydrogens is 473 g/mol. The Labute approximate surface area is 199 Å². The van der Waals surface area contributed by atoms with Gasteiger partial charge in [-0.1, -0.05) is 23.7 Å². The summed E-state index contributed by atoms with van der Waals surface area (Å²) < 4.78 is 29.1. The molecule has 1 heterocycles. The van der Waals surface area contributed by atoms with E-state index in [2.05, 4.69) is 0 Å². The maximum absolute atomic E-state index is 13.3. The molecule has 0 spiro atoms. The van der Waals surface area contributed by atoms with E-state index in [0.29, 0.717) is 22.6 Å². The van der Waals surface area contributed by atoms with Crippen molar-refractivity contribution < 1.29 is 33.0 Å². The number of nitrogens with zero attached hydrogens (tertiary/aromatic N) is 1. The fraction of sp³-hybridized carbons (Fsp3) is 0.261. The van der Waals surface area contributed by atoms with Gasteiger partial charge in [0, 0.05) is 5.02 Å². The van der Waals surface area contributed by atoms with Gasteiger partial charge in [-0.2, -0.15) is 0 Å². The molecule has 0 N–H and O–H groups in total. The van der Waals surface area contributed by atoms with Crippen LogP contribution in [0.1, 0.15) is 25.0 Å². The summed E-state index contributed by atoms with van der Waals surface area (Å²) >= 11 is 6.81. The van der Waals surface area contributed by atoms with Crippen molar-refractivity contribution in [2.24, 2.45) is 0 Å². The van der Waals surface area contributed by atoms with Crippen LogP contribution in [0.5, 0.6) is 11.5 Å². The Morgan fingerprint density at radius 2 is 1.94 bits per heavy atom. The summed E-state index contributed by atoms with van der Waals surface area (Å²) in [6.45, 7) is 3.13. The van der Waals surface area contributed by atoms with E-state index in [-0.39, 0.29) is 29.2 Å². The number of amides is 2. The van der Waals surface area contributed by atoms with Gasteiger partial charge in [-0.3, -0.25) is 14.5 Å². The van der Waals surface area contributed by atoms with Crippen molar-refractivity contribution in [3.05, 3.63) is 63.3 Å². The second kappa shape index (κ2) is 10.7. The Morgan fingerprint density at radius 1 is 1.18 bits per heavy atom. The van der Waals surface area contributed by atoms with E-state index >= 15 is 0 Å². The van der Waals surface area contributed by atoms with Gasteiger partial charge in [0.05, 0.1) is 24.7 Å². The van der Waals surface area contributed by atoms with Crippen LogP contribution in [0, 0.1) is 5.82 Å². The Balaban J connectivity index is 1.74. The second-order valence-corrected chi connectivity index (χ2v) is 8.64. The number of esters is 1. The van der Waals surface area contributed by atoms with E-state index in [4.69, 9.17) is 25.8 Å². The van der Waals surface area contributed by atoms with Crippen LogP contribution >= 0.6 is 23.4 Å². The molecule has 0 bridgehead atoms. The van der Waals surface area contributed by atoms with Crippen LogP contribution in [0.3, 0.4) is 0 Å². The Hall–Kier alpha value is -3.04. The maximum atomic E-state index is 13.3. The van der Waals surface area contributed by atoms with Crippen molar-refractivity contribution in [3.63, 3.8) is 0 Å². The number of rotatable bonds is 8. The molecule has 0 radical (unpaired) electrons. The zero-order valence-corrected chi connectivity index (χ0v) is 19.7. The molecule has 174 valence electrons. The van der Waals surface area contributed by atoms with E-state index < -0.39 is 22.9 Å². The molecule has 0 aromatic heterocycles. The van der Waals surface area contributed by atoms with Crippen molar-refractivity contribution in [1.82, 2.24) is 4.90 Å². The Kier molecular flexibility index (Phi) is 7.99. The Bertz CT molecular complexity index is 1120. The lowest BCUT2D eigenvalue weighted by Gasteiger charge is -2.13. The third-order valence-corrected chi connectivity index (χ3v) is 5.67. The molecule has 0 atom stereocenters. The molecule has 1 fully saturated rings. The van der Waals surface area contributed by atoms with Crippen LogP contribution in [0.2, 0.25) is 5.02 Å². The molecule has 2 aromatic carbocycles. The summed E-state index contributed by atoms with van der Waals surface area (Å²) in [6.07, 6.45) is 1.30. The topological polar surface area (TPSA) is 82.1 Å². The van der Waals surface area contributed by atoms with Gasteiger partial charge in [-0.25, -0.2) is 9.18 Å². The van der Waals surface area contributed by atoms with Crippen molar-refractivity contribution >= 4 is 46.6 Å². The van der Waals surface area contributed by atoms with Gasteiger partial charge in [0.1, 0.15) is 5.82 Å². The molecule has 10 heteroatoms. The van der Waals surface area contributed by atoms with Gasteiger partial charge in [0.2, 0.25) is 0 Å². The number of ether oxygens (including phenoxy) is 3. The molecule has 0 unspecified atom stereocenters. The average Bonchev–Trinajstić information content (AvgIpc) is 3.01. The molecule has 1 aliphatic heterocycles. The van der Waals surface area contributed by atoms with Gasteiger partial charge in [0.25, 0.3) is 11.1 Å². The molecule has 0 saturated carbocycles. The number of carbonyl (C=O) groups is 3. The maximum Gasteiger partial charge on any atom is 0.344 e. The second-order valence-electron chi connectivity index (χ2n) is 7.24. The molecule has 2 aromatic rings. The highest BCUT2D eigenvalue weighted by molar-refractivity contribution is 8.18. The lowest BCUT2D eigenvalue weighted by molar-refractivity contribution is -0.149. The standard InChI is InChI=1S/C23H21ClFNO6S/c1-13(2)32-21(27)12-31-18-7-4-14(8-19(18)30-3)9-20-22(28)26(23(29)33-20)11-15-5-6-16(25)10-17(15)24/h4-10,13H,11-12H2,1-3H3/b20-9-. The average molecular weight is 494 g/mol. The van der Waals surface area contributed by atoms with Crippen molar-refractivity contribution in [1.29, 1.82) is 0 Å². The molecule has 33 heavy (non-hydrogen) atoms.